The van der Waals surface area contributed by atoms with E-state index in [9.17, 15) is 0 Å². The summed E-state index contributed by atoms with van der Waals surface area (Å²) in [7, 11) is 2.09. The molecule has 0 fully saturated rings. The van der Waals surface area contributed by atoms with Gasteiger partial charge in [-0.2, -0.15) is 0 Å². The van der Waals surface area contributed by atoms with E-state index < -0.39 is 0 Å². The molecule has 0 rings (SSSR count). The Morgan fingerprint density at radius 2 is 1.91 bits per heavy atom. The maximum atomic E-state index is 9.01. The third-order valence-electron chi connectivity index (χ3n) is 2.26. The van der Waals surface area contributed by atoms with Crippen LogP contribution in [0.3, 0.4) is 0 Å². The van der Waals surface area contributed by atoms with E-state index in [2.05, 4.69) is 32.7 Å². The second-order valence-electron chi connectivity index (χ2n) is 3.54. The molecule has 0 aliphatic carbocycles. The van der Waals surface area contributed by atoms with Gasteiger partial charge in [0.05, 0.1) is 0 Å². The second-order valence-corrected chi connectivity index (χ2v) is 3.54. The molecule has 0 saturated carbocycles. The van der Waals surface area contributed by atoms with E-state index in [4.69, 9.17) is 5.11 Å². The Morgan fingerprint density at radius 1 is 1.36 bits per heavy atom. The highest BCUT2D eigenvalue weighted by Gasteiger charge is 2.13. The van der Waals surface area contributed by atoms with E-state index in [0.717, 1.165) is 13.1 Å². The molecule has 0 heterocycles. The zero-order chi connectivity index (χ0) is 8.85. The molecule has 11 heavy (non-hydrogen) atoms. The maximum Gasteiger partial charge on any atom is 0.0473 e. The molecule has 2 nitrogen and oxygen atoms in total. The van der Waals surface area contributed by atoms with Crippen molar-refractivity contribution in [1.82, 2.24) is 4.90 Å². The molecule has 1 unspecified atom stereocenters. The predicted octanol–water partition coefficient (Wildman–Crippen LogP) is 1.20. The van der Waals surface area contributed by atoms with Crippen LogP contribution in [0.4, 0.5) is 0 Å². The van der Waals surface area contributed by atoms with Crippen molar-refractivity contribution in [2.45, 2.75) is 20.8 Å². The van der Waals surface area contributed by atoms with Crippen molar-refractivity contribution in [3.8, 4) is 0 Å². The molecular weight excluding hydrogens is 138 g/mol. The fourth-order valence-electron chi connectivity index (χ4n) is 1.01. The largest absolute Gasteiger partial charge is 0.396 e. The topological polar surface area (TPSA) is 23.5 Å². The van der Waals surface area contributed by atoms with Crippen LogP contribution in [0.25, 0.3) is 0 Å². The quantitative estimate of drug-likeness (QED) is 0.651. The Hall–Kier alpha value is -0.0800. The van der Waals surface area contributed by atoms with Crippen molar-refractivity contribution in [2.75, 3.05) is 26.7 Å². The van der Waals surface area contributed by atoms with Gasteiger partial charge < -0.3 is 10.0 Å². The average Bonchev–Trinajstić information content (AvgIpc) is 1.99. The molecule has 0 amide bonds. The number of rotatable bonds is 5. The van der Waals surface area contributed by atoms with Crippen LogP contribution >= 0.6 is 0 Å². The van der Waals surface area contributed by atoms with Gasteiger partial charge in [-0.15, -0.1) is 0 Å². The molecule has 0 aliphatic rings. The normalized spacial score (nSPS) is 14.5. The molecule has 0 aromatic carbocycles. The lowest BCUT2D eigenvalue weighted by atomic mass is 9.96. The molecule has 0 saturated heterocycles. The zero-order valence-electron chi connectivity index (χ0n) is 8.17. The van der Waals surface area contributed by atoms with Crippen LogP contribution in [0.2, 0.25) is 0 Å². The van der Waals surface area contributed by atoms with Crippen LogP contribution in [0.1, 0.15) is 20.8 Å². The summed E-state index contributed by atoms with van der Waals surface area (Å²) in [6.07, 6.45) is 0. The van der Waals surface area contributed by atoms with Crippen molar-refractivity contribution >= 4 is 0 Å². The third kappa shape index (κ3) is 4.38. The van der Waals surface area contributed by atoms with E-state index in [0.29, 0.717) is 18.4 Å². The average molecular weight is 159 g/mol. The van der Waals surface area contributed by atoms with E-state index in [1.165, 1.54) is 0 Å². The summed E-state index contributed by atoms with van der Waals surface area (Å²) in [4.78, 5) is 2.24. The molecule has 2 heteroatoms. The third-order valence-corrected chi connectivity index (χ3v) is 2.26. The lowest BCUT2D eigenvalue weighted by molar-refractivity contribution is 0.149. The molecule has 0 radical (unpaired) electrons. The minimum absolute atomic E-state index is 0.308. The predicted molar refractivity (Wildman–Crippen MR) is 48.6 cm³/mol. The molecule has 0 spiro atoms. The maximum absolute atomic E-state index is 9.01. The standard InChI is InChI=1S/C9H21NO/c1-5-10(4)6-9(7-11)8(2)3/h8-9,11H,5-7H2,1-4H3. The minimum Gasteiger partial charge on any atom is -0.396 e. The summed E-state index contributed by atoms with van der Waals surface area (Å²) in [5.74, 6) is 1.01. The first-order valence-corrected chi connectivity index (χ1v) is 4.41. The van der Waals surface area contributed by atoms with E-state index >= 15 is 0 Å². The van der Waals surface area contributed by atoms with Crippen LogP contribution in [0.15, 0.2) is 0 Å². The SMILES string of the molecule is CCN(C)CC(CO)C(C)C. The molecule has 68 valence electrons. The van der Waals surface area contributed by atoms with Crippen LogP contribution in [0.5, 0.6) is 0 Å². The summed E-state index contributed by atoms with van der Waals surface area (Å²) in [6, 6.07) is 0. The van der Waals surface area contributed by atoms with Gasteiger partial charge in [0, 0.05) is 13.2 Å². The molecule has 0 aromatic rings. The highest BCUT2D eigenvalue weighted by atomic mass is 16.3. The number of aliphatic hydroxyl groups excluding tert-OH is 1. The first-order chi connectivity index (χ1) is 5.11. The van der Waals surface area contributed by atoms with Gasteiger partial charge in [-0.05, 0) is 25.4 Å². The van der Waals surface area contributed by atoms with Gasteiger partial charge in [0.1, 0.15) is 0 Å². The fraction of sp³-hybridized carbons (Fsp3) is 1.00. The lowest BCUT2D eigenvalue weighted by Crippen LogP contribution is -2.30. The summed E-state index contributed by atoms with van der Waals surface area (Å²) in [5, 5.41) is 9.01. The van der Waals surface area contributed by atoms with E-state index in [1.807, 2.05) is 0 Å². The molecule has 1 atom stereocenters. The van der Waals surface area contributed by atoms with Crippen molar-refractivity contribution in [1.29, 1.82) is 0 Å². The number of nitrogens with zero attached hydrogens (tertiary/aromatic N) is 1. The minimum atomic E-state index is 0.308. The Labute approximate surface area is 70.2 Å². The summed E-state index contributed by atoms with van der Waals surface area (Å²) in [6.45, 7) is 8.82. The highest BCUT2D eigenvalue weighted by Crippen LogP contribution is 2.10. The van der Waals surface area contributed by atoms with Crippen molar-refractivity contribution < 1.29 is 5.11 Å². The monoisotopic (exact) mass is 159 g/mol. The Balaban J connectivity index is 3.68. The first-order valence-electron chi connectivity index (χ1n) is 4.41. The van der Waals surface area contributed by atoms with Gasteiger partial charge in [-0.25, -0.2) is 0 Å². The Bertz CT molecular complexity index is 93.6. The van der Waals surface area contributed by atoms with Crippen molar-refractivity contribution in [3.05, 3.63) is 0 Å². The van der Waals surface area contributed by atoms with Gasteiger partial charge in [-0.1, -0.05) is 20.8 Å². The molecule has 0 aromatic heterocycles. The summed E-state index contributed by atoms with van der Waals surface area (Å²) < 4.78 is 0. The highest BCUT2D eigenvalue weighted by molar-refractivity contribution is 4.64. The summed E-state index contributed by atoms with van der Waals surface area (Å²) in [5.41, 5.74) is 0. The fourth-order valence-corrected chi connectivity index (χ4v) is 1.01. The van der Waals surface area contributed by atoms with E-state index in [1.54, 1.807) is 0 Å². The van der Waals surface area contributed by atoms with Gasteiger partial charge in [0.15, 0.2) is 0 Å². The molecule has 1 N–H and O–H groups in total. The van der Waals surface area contributed by atoms with Crippen LogP contribution in [-0.2, 0) is 0 Å². The van der Waals surface area contributed by atoms with Crippen LogP contribution in [-0.4, -0.2) is 36.8 Å². The van der Waals surface area contributed by atoms with Crippen LogP contribution < -0.4 is 0 Å². The molecule has 0 aliphatic heterocycles. The smallest absolute Gasteiger partial charge is 0.0473 e. The van der Waals surface area contributed by atoms with Gasteiger partial charge >= 0.3 is 0 Å². The number of aliphatic hydroxyl groups is 1. The van der Waals surface area contributed by atoms with Crippen LogP contribution in [0, 0.1) is 11.8 Å². The Kier molecular flexibility index (Phi) is 5.51. The lowest BCUT2D eigenvalue weighted by Gasteiger charge is -2.23. The second kappa shape index (κ2) is 5.56. The molecular formula is C9H21NO. The van der Waals surface area contributed by atoms with Gasteiger partial charge in [-0.3, -0.25) is 0 Å². The zero-order valence-corrected chi connectivity index (χ0v) is 8.17. The van der Waals surface area contributed by atoms with E-state index in [-0.39, 0.29) is 0 Å². The summed E-state index contributed by atoms with van der Waals surface area (Å²) >= 11 is 0. The van der Waals surface area contributed by atoms with Gasteiger partial charge in [0.2, 0.25) is 0 Å². The first kappa shape index (κ1) is 10.9. The molecule has 0 bridgehead atoms. The van der Waals surface area contributed by atoms with Crippen molar-refractivity contribution in [2.24, 2.45) is 11.8 Å². The number of hydrogen-bond acceptors (Lipinski definition) is 2. The Morgan fingerprint density at radius 3 is 2.18 bits per heavy atom. The van der Waals surface area contributed by atoms with Crippen molar-refractivity contribution in [3.63, 3.8) is 0 Å². The number of hydrogen-bond donors (Lipinski definition) is 1. The van der Waals surface area contributed by atoms with Gasteiger partial charge in [0.25, 0.3) is 0 Å².